The highest BCUT2D eigenvalue weighted by Crippen LogP contribution is 2.33. The van der Waals surface area contributed by atoms with Crippen molar-refractivity contribution in [2.24, 2.45) is 0 Å². The topological polar surface area (TPSA) is 75.2 Å². The van der Waals surface area contributed by atoms with Gasteiger partial charge in [-0.3, -0.25) is 9.88 Å². The molecule has 1 fully saturated rings. The second kappa shape index (κ2) is 9.74. The summed E-state index contributed by atoms with van der Waals surface area (Å²) in [6.45, 7) is 5.24. The molecule has 1 aliphatic heterocycles. The zero-order valence-electron chi connectivity index (χ0n) is 15.6. The van der Waals surface area contributed by atoms with Gasteiger partial charge >= 0.3 is 0 Å². The summed E-state index contributed by atoms with van der Waals surface area (Å²) in [7, 11) is 0. The average Bonchev–Trinajstić information content (AvgIpc) is 3.20. The molecule has 0 radical (unpaired) electrons. The highest BCUT2D eigenvalue weighted by Gasteiger charge is 2.14. The minimum absolute atomic E-state index is 0.311. The number of morpholine rings is 1. The van der Waals surface area contributed by atoms with Gasteiger partial charge in [-0.1, -0.05) is 11.3 Å². The van der Waals surface area contributed by atoms with Gasteiger partial charge in [-0.15, -0.1) is 10.2 Å². The van der Waals surface area contributed by atoms with E-state index >= 15 is 0 Å². The van der Waals surface area contributed by atoms with Gasteiger partial charge in [0.05, 0.1) is 30.8 Å². The van der Waals surface area contributed by atoms with Gasteiger partial charge in [0, 0.05) is 41.5 Å². The van der Waals surface area contributed by atoms with Crippen molar-refractivity contribution in [1.29, 1.82) is 0 Å². The standard InChI is InChI=1S/C19H20FIN6OS/c20-15-11-13(21)1-2-16(15)24-17-12-22-4-3-14(17)18-25-26-19(29-18)23-5-6-27-7-9-28-10-8-27/h1-4,11-12,24H,5-10H2,(H,23,26). The monoisotopic (exact) mass is 526 g/mol. The van der Waals surface area contributed by atoms with Crippen LogP contribution in [0.15, 0.2) is 36.7 Å². The number of hydrogen-bond donors (Lipinski definition) is 2. The summed E-state index contributed by atoms with van der Waals surface area (Å²) < 4.78 is 20.4. The predicted octanol–water partition coefficient (Wildman–Crippen LogP) is 3.83. The lowest BCUT2D eigenvalue weighted by molar-refractivity contribution is 0.0398. The number of aromatic nitrogens is 3. The molecule has 10 heteroatoms. The van der Waals surface area contributed by atoms with Gasteiger partial charge < -0.3 is 15.4 Å². The number of nitrogens with one attached hydrogen (secondary N) is 2. The molecule has 152 valence electrons. The molecular weight excluding hydrogens is 506 g/mol. The summed E-state index contributed by atoms with van der Waals surface area (Å²) in [5.74, 6) is -0.311. The number of halogens is 2. The molecule has 0 spiro atoms. The summed E-state index contributed by atoms with van der Waals surface area (Å²) in [4.78, 5) is 6.52. The van der Waals surface area contributed by atoms with Crippen molar-refractivity contribution in [3.63, 3.8) is 0 Å². The van der Waals surface area contributed by atoms with Crippen LogP contribution in [-0.2, 0) is 4.74 Å². The van der Waals surface area contributed by atoms with E-state index in [4.69, 9.17) is 4.74 Å². The summed E-state index contributed by atoms with van der Waals surface area (Å²) >= 11 is 3.55. The first-order valence-electron chi connectivity index (χ1n) is 9.23. The summed E-state index contributed by atoms with van der Waals surface area (Å²) in [6, 6.07) is 6.90. The molecule has 3 aromatic rings. The Bertz CT molecular complexity index is 965. The van der Waals surface area contributed by atoms with Gasteiger partial charge in [0.25, 0.3) is 0 Å². The van der Waals surface area contributed by atoms with Crippen molar-refractivity contribution >= 4 is 50.4 Å². The van der Waals surface area contributed by atoms with Crippen LogP contribution in [-0.4, -0.2) is 59.5 Å². The third kappa shape index (κ3) is 5.38. The van der Waals surface area contributed by atoms with Gasteiger partial charge in [-0.2, -0.15) is 0 Å². The summed E-state index contributed by atoms with van der Waals surface area (Å²) in [6.07, 6.45) is 3.36. The van der Waals surface area contributed by atoms with Crippen LogP contribution >= 0.6 is 33.9 Å². The molecule has 0 unspecified atom stereocenters. The van der Waals surface area contributed by atoms with Crippen molar-refractivity contribution in [3.8, 4) is 10.6 Å². The smallest absolute Gasteiger partial charge is 0.206 e. The van der Waals surface area contributed by atoms with E-state index in [1.54, 1.807) is 18.5 Å². The molecule has 0 amide bonds. The van der Waals surface area contributed by atoms with Gasteiger partial charge in [0.2, 0.25) is 5.13 Å². The first-order chi connectivity index (χ1) is 14.2. The van der Waals surface area contributed by atoms with Crippen molar-refractivity contribution in [3.05, 3.63) is 46.0 Å². The Morgan fingerprint density at radius 1 is 1.17 bits per heavy atom. The van der Waals surface area contributed by atoms with Crippen LogP contribution in [0, 0.1) is 9.39 Å². The zero-order chi connectivity index (χ0) is 20.1. The maximum atomic E-state index is 14.2. The minimum Gasteiger partial charge on any atom is -0.379 e. The molecular formula is C19H20FIN6OS. The highest BCUT2D eigenvalue weighted by molar-refractivity contribution is 14.1. The Kier molecular flexibility index (Phi) is 6.85. The van der Waals surface area contributed by atoms with Crippen molar-refractivity contribution in [2.75, 3.05) is 50.0 Å². The van der Waals surface area contributed by atoms with E-state index in [9.17, 15) is 4.39 Å². The fraction of sp³-hybridized carbons (Fsp3) is 0.316. The van der Waals surface area contributed by atoms with Crippen LogP contribution in [0.4, 0.5) is 20.9 Å². The Labute approximate surface area is 185 Å². The fourth-order valence-corrected chi connectivity index (χ4v) is 4.23. The Morgan fingerprint density at radius 3 is 2.86 bits per heavy atom. The van der Waals surface area contributed by atoms with Crippen LogP contribution in [0.2, 0.25) is 0 Å². The van der Waals surface area contributed by atoms with Crippen LogP contribution in [0.5, 0.6) is 0 Å². The molecule has 2 N–H and O–H groups in total. The van der Waals surface area contributed by atoms with Crippen LogP contribution in [0.3, 0.4) is 0 Å². The number of anilines is 3. The van der Waals surface area contributed by atoms with E-state index in [0.29, 0.717) is 11.4 Å². The number of ether oxygens (including phenoxy) is 1. The molecule has 1 aliphatic rings. The number of rotatable bonds is 7. The lowest BCUT2D eigenvalue weighted by Crippen LogP contribution is -2.38. The second-order valence-corrected chi connectivity index (χ2v) is 8.69. The Balaban J connectivity index is 1.43. The number of nitrogens with zero attached hydrogens (tertiary/aromatic N) is 4. The summed E-state index contributed by atoms with van der Waals surface area (Å²) in [5.41, 5.74) is 1.91. The minimum atomic E-state index is -0.311. The number of benzene rings is 1. The van der Waals surface area contributed by atoms with Crippen molar-refractivity contribution in [2.45, 2.75) is 0 Å². The van der Waals surface area contributed by atoms with Crippen LogP contribution in [0.25, 0.3) is 10.6 Å². The lowest BCUT2D eigenvalue weighted by atomic mass is 10.2. The molecule has 4 rings (SSSR count). The van der Waals surface area contributed by atoms with Crippen molar-refractivity contribution in [1.82, 2.24) is 20.1 Å². The van der Waals surface area contributed by atoms with E-state index in [1.807, 2.05) is 12.1 Å². The predicted molar refractivity (Wildman–Crippen MR) is 121 cm³/mol. The van der Waals surface area contributed by atoms with E-state index < -0.39 is 0 Å². The van der Waals surface area contributed by atoms with Crippen LogP contribution in [0.1, 0.15) is 0 Å². The molecule has 3 heterocycles. The lowest BCUT2D eigenvalue weighted by Gasteiger charge is -2.26. The Morgan fingerprint density at radius 2 is 2.03 bits per heavy atom. The molecule has 1 saturated heterocycles. The maximum absolute atomic E-state index is 14.2. The highest BCUT2D eigenvalue weighted by atomic mass is 127. The van der Waals surface area contributed by atoms with E-state index in [1.165, 1.54) is 17.4 Å². The third-order valence-electron chi connectivity index (χ3n) is 4.48. The van der Waals surface area contributed by atoms with Gasteiger partial charge in [-0.05, 0) is 46.9 Å². The van der Waals surface area contributed by atoms with E-state index in [-0.39, 0.29) is 5.82 Å². The zero-order valence-corrected chi connectivity index (χ0v) is 18.5. The van der Waals surface area contributed by atoms with Crippen LogP contribution < -0.4 is 10.6 Å². The first kappa shape index (κ1) is 20.4. The molecule has 0 bridgehead atoms. The number of pyridine rings is 1. The molecule has 29 heavy (non-hydrogen) atoms. The van der Waals surface area contributed by atoms with E-state index in [2.05, 4.69) is 53.3 Å². The SMILES string of the molecule is Fc1cc(I)ccc1Nc1cnccc1-c1nnc(NCCN2CCOCC2)s1. The first-order valence-corrected chi connectivity index (χ1v) is 11.1. The molecule has 0 atom stereocenters. The Hall–Kier alpha value is -1.89. The normalized spacial score (nSPS) is 14.7. The second-order valence-electron chi connectivity index (χ2n) is 6.46. The molecule has 0 aliphatic carbocycles. The average molecular weight is 526 g/mol. The summed E-state index contributed by atoms with van der Waals surface area (Å²) in [5, 5.41) is 16.5. The number of hydrogen-bond acceptors (Lipinski definition) is 8. The molecule has 7 nitrogen and oxygen atoms in total. The quantitative estimate of drug-likeness (QED) is 0.454. The molecule has 1 aromatic carbocycles. The maximum Gasteiger partial charge on any atom is 0.206 e. The fourth-order valence-electron chi connectivity index (χ4n) is 2.97. The van der Waals surface area contributed by atoms with Gasteiger partial charge in [0.15, 0.2) is 5.01 Å². The van der Waals surface area contributed by atoms with Crippen molar-refractivity contribution < 1.29 is 9.13 Å². The van der Waals surface area contributed by atoms with Gasteiger partial charge in [-0.25, -0.2) is 4.39 Å². The largest absolute Gasteiger partial charge is 0.379 e. The third-order valence-corrected chi connectivity index (χ3v) is 6.07. The molecule has 2 aromatic heterocycles. The van der Waals surface area contributed by atoms with Gasteiger partial charge in [0.1, 0.15) is 5.82 Å². The molecule has 0 saturated carbocycles. The van der Waals surface area contributed by atoms with E-state index in [0.717, 1.165) is 58.7 Å².